The summed E-state index contributed by atoms with van der Waals surface area (Å²) < 4.78 is 0. The summed E-state index contributed by atoms with van der Waals surface area (Å²) in [5, 5.41) is 16.8. The average molecular weight is 471 g/mol. The molecule has 1 aromatic rings. The van der Waals surface area contributed by atoms with Crippen LogP contribution in [0.5, 0.6) is 0 Å². The molecule has 0 radical (unpaired) electrons. The lowest BCUT2D eigenvalue weighted by Gasteiger charge is -2.27. The number of amides is 3. The molecule has 0 aliphatic rings. The van der Waals surface area contributed by atoms with Crippen molar-refractivity contribution in [3.8, 4) is 0 Å². The number of aliphatic carboxylic acids is 1. The van der Waals surface area contributed by atoms with Crippen LogP contribution in [-0.4, -0.2) is 74.9 Å². The van der Waals surface area contributed by atoms with Crippen molar-refractivity contribution in [3.05, 3.63) is 18.2 Å². The maximum atomic E-state index is 13.1. The number of nitrogens with one attached hydrogen (secondary N) is 4. The Bertz CT molecular complexity index is 760. The molecule has 0 bridgehead atoms. The monoisotopic (exact) mass is 470 g/mol. The Morgan fingerprint density at radius 3 is 2.38 bits per heavy atom. The summed E-state index contributed by atoms with van der Waals surface area (Å²) >= 11 is 1.56. The molecule has 5 unspecified atom stereocenters. The summed E-state index contributed by atoms with van der Waals surface area (Å²) in [6.07, 6.45) is 6.04. The molecule has 3 amide bonds. The third kappa shape index (κ3) is 8.87. The molecule has 1 rings (SSSR count). The van der Waals surface area contributed by atoms with Crippen LogP contribution >= 0.6 is 11.8 Å². The fourth-order valence-electron chi connectivity index (χ4n) is 2.80. The number of aromatic amines is 1. The lowest BCUT2D eigenvalue weighted by Crippen LogP contribution is -2.59. The summed E-state index contributed by atoms with van der Waals surface area (Å²) in [4.78, 5) is 56.2. The van der Waals surface area contributed by atoms with Gasteiger partial charge in [-0.25, -0.2) is 4.98 Å². The first kappa shape index (κ1) is 27.4. The molecule has 11 nitrogen and oxygen atoms in total. The molecule has 0 spiro atoms. The van der Waals surface area contributed by atoms with Crippen molar-refractivity contribution < 1.29 is 24.3 Å². The van der Waals surface area contributed by atoms with E-state index in [-0.39, 0.29) is 12.3 Å². The Labute approximate surface area is 192 Å². The normalized spacial score (nSPS) is 15.7. The van der Waals surface area contributed by atoms with Crippen LogP contribution in [-0.2, 0) is 25.6 Å². The molecule has 0 aliphatic carbocycles. The van der Waals surface area contributed by atoms with Gasteiger partial charge in [-0.05, 0) is 31.3 Å². The topological polar surface area (TPSA) is 179 Å². The first-order valence-electron chi connectivity index (χ1n) is 10.5. The zero-order valence-corrected chi connectivity index (χ0v) is 19.7. The zero-order valence-electron chi connectivity index (χ0n) is 18.9. The lowest BCUT2D eigenvalue weighted by molar-refractivity contribution is -0.142. The highest BCUT2D eigenvalue weighted by atomic mass is 32.2. The molecule has 7 N–H and O–H groups in total. The van der Waals surface area contributed by atoms with Gasteiger partial charge < -0.3 is 31.8 Å². The minimum absolute atomic E-state index is 0.118. The van der Waals surface area contributed by atoms with Gasteiger partial charge in [0.25, 0.3) is 0 Å². The minimum atomic E-state index is -1.18. The van der Waals surface area contributed by atoms with E-state index in [4.69, 9.17) is 10.8 Å². The standard InChI is InChI=1S/C20H34N6O5S/c1-5-11(2)16(19(29)24-12(3)20(30)31)26-18(28)15(8-13-9-22-10-23-13)25-17(27)14(21)6-7-32-4/h9-12,14-16H,5-8,21H2,1-4H3,(H,22,23)(H,24,29)(H,25,27)(H,26,28)(H,30,31). The van der Waals surface area contributed by atoms with E-state index >= 15 is 0 Å². The number of carbonyl (C=O) groups is 4. The van der Waals surface area contributed by atoms with Crippen LogP contribution in [0.25, 0.3) is 0 Å². The molecule has 1 aromatic heterocycles. The molecule has 0 saturated carbocycles. The number of nitrogens with zero attached hydrogens (tertiary/aromatic N) is 1. The van der Waals surface area contributed by atoms with Crippen molar-refractivity contribution in [2.24, 2.45) is 11.7 Å². The molecule has 0 saturated heterocycles. The van der Waals surface area contributed by atoms with Crippen LogP contribution in [0.4, 0.5) is 0 Å². The number of carboxylic acids is 1. The highest BCUT2D eigenvalue weighted by Gasteiger charge is 2.32. The summed E-state index contributed by atoms with van der Waals surface area (Å²) in [5.74, 6) is -2.41. The summed E-state index contributed by atoms with van der Waals surface area (Å²) in [5.41, 5.74) is 6.55. The van der Waals surface area contributed by atoms with Gasteiger partial charge in [-0.2, -0.15) is 11.8 Å². The van der Waals surface area contributed by atoms with Crippen LogP contribution in [0, 0.1) is 5.92 Å². The Balaban J connectivity index is 2.99. The van der Waals surface area contributed by atoms with Crippen molar-refractivity contribution in [2.45, 2.75) is 64.2 Å². The molecule has 1 heterocycles. The molecule has 0 aromatic carbocycles. The number of carboxylic acid groups (broad SMARTS) is 1. The van der Waals surface area contributed by atoms with E-state index in [9.17, 15) is 19.2 Å². The molecule has 5 atom stereocenters. The Morgan fingerprint density at radius 1 is 1.16 bits per heavy atom. The predicted molar refractivity (Wildman–Crippen MR) is 122 cm³/mol. The van der Waals surface area contributed by atoms with E-state index in [0.29, 0.717) is 24.3 Å². The summed E-state index contributed by atoms with van der Waals surface area (Å²) in [6.45, 7) is 4.97. The zero-order chi connectivity index (χ0) is 24.3. The highest BCUT2D eigenvalue weighted by molar-refractivity contribution is 7.98. The third-order valence-electron chi connectivity index (χ3n) is 5.10. The number of hydrogen-bond donors (Lipinski definition) is 6. The Morgan fingerprint density at radius 2 is 1.84 bits per heavy atom. The fraction of sp³-hybridized carbons (Fsp3) is 0.650. The molecule has 32 heavy (non-hydrogen) atoms. The van der Waals surface area contributed by atoms with Gasteiger partial charge in [-0.1, -0.05) is 20.3 Å². The number of carbonyl (C=O) groups excluding carboxylic acids is 3. The maximum Gasteiger partial charge on any atom is 0.325 e. The van der Waals surface area contributed by atoms with Gasteiger partial charge in [0.1, 0.15) is 18.1 Å². The molecular formula is C20H34N6O5S. The van der Waals surface area contributed by atoms with Gasteiger partial charge in [0.15, 0.2) is 0 Å². The van der Waals surface area contributed by atoms with E-state index in [2.05, 4.69) is 25.9 Å². The highest BCUT2D eigenvalue weighted by Crippen LogP contribution is 2.10. The van der Waals surface area contributed by atoms with Crippen LogP contribution in [0.2, 0.25) is 0 Å². The van der Waals surface area contributed by atoms with E-state index in [1.54, 1.807) is 18.7 Å². The summed E-state index contributed by atoms with van der Waals surface area (Å²) in [6, 6.07) is -3.86. The largest absolute Gasteiger partial charge is 0.480 e. The van der Waals surface area contributed by atoms with Gasteiger partial charge in [0.2, 0.25) is 17.7 Å². The van der Waals surface area contributed by atoms with Crippen molar-refractivity contribution in [1.29, 1.82) is 0 Å². The van der Waals surface area contributed by atoms with Crippen molar-refractivity contribution >= 4 is 35.5 Å². The minimum Gasteiger partial charge on any atom is -0.480 e. The van der Waals surface area contributed by atoms with Gasteiger partial charge in [0, 0.05) is 18.3 Å². The number of H-pyrrole nitrogens is 1. The molecule has 0 aliphatic heterocycles. The average Bonchev–Trinajstić information content (AvgIpc) is 3.27. The van der Waals surface area contributed by atoms with E-state index in [0.717, 1.165) is 0 Å². The van der Waals surface area contributed by atoms with Crippen LogP contribution in [0.15, 0.2) is 12.5 Å². The number of rotatable bonds is 14. The van der Waals surface area contributed by atoms with Crippen LogP contribution in [0.1, 0.15) is 39.3 Å². The van der Waals surface area contributed by atoms with Crippen LogP contribution < -0.4 is 21.7 Å². The van der Waals surface area contributed by atoms with Crippen LogP contribution in [0.3, 0.4) is 0 Å². The quantitative estimate of drug-likeness (QED) is 0.213. The first-order chi connectivity index (χ1) is 15.1. The molecular weight excluding hydrogens is 436 g/mol. The number of nitrogens with two attached hydrogens (primary N) is 1. The van der Waals surface area contributed by atoms with E-state index < -0.39 is 47.9 Å². The van der Waals surface area contributed by atoms with E-state index in [1.807, 2.05) is 13.2 Å². The molecule has 0 fully saturated rings. The van der Waals surface area contributed by atoms with Gasteiger partial charge in [0.05, 0.1) is 12.4 Å². The summed E-state index contributed by atoms with van der Waals surface area (Å²) in [7, 11) is 0. The van der Waals surface area contributed by atoms with Crippen molar-refractivity contribution in [3.63, 3.8) is 0 Å². The first-order valence-corrected chi connectivity index (χ1v) is 11.9. The predicted octanol–water partition coefficient (Wildman–Crippen LogP) is -0.362. The van der Waals surface area contributed by atoms with Crippen molar-refractivity contribution in [1.82, 2.24) is 25.9 Å². The number of aromatic nitrogens is 2. The smallest absolute Gasteiger partial charge is 0.325 e. The second-order valence-electron chi connectivity index (χ2n) is 7.67. The van der Waals surface area contributed by atoms with E-state index in [1.165, 1.54) is 19.4 Å². The van der Waals surface area contributed by atoms with Gasteiger partial charge >= 0.3 is 5.97 Å². The molecule has 12 heteroatoms. The number of hydrogen-bond acceptors (Lipinski definition) is 7. The Hall–Kier alpha value is -2.60. The van der Waals surface area contributed by atoms with Crippen molar-refractivity contribution in [2.75, 3.05) is 12.0 Å². The molecule has 180 valence electrons. The SMILES string of the molecule is CCC(C)C(NC(=O)C(Cc1cnc[nH]1)NC(=O)C(N)CCSC)C(=O)NC(C)C(=O)O. The Kier molecular flexibility index (Phi) is 11.8. The number of imidazole rings is 1. The van der Waals surface area contributed by atoms with Gasteiger partial charge in [-0.3, -0.25) is 19.2 Å². The fourth-order valence-corrected chi connectivity index (χ4v) is 3.29. The number of thioether (sulfide) groups is 1. The second-order valence-corrected chi connectivity index (χ2v) is 8.66. The van der Waals surface area contributed by atoms with Gasteiger partial charge in [-0.15, -0.1) is 0 Å². The second kappa shape index (κ2) is 13.7. The maximum absolute atomic E-state index is 13.1. The lowest BCUT2D eigenvalue weighted by atomic mass is 9.97. The third-order valence-corrected chi connectivity index (χ3v) is 5.75.